The van der Waals surface area contributed by atoms with Gasteiger partial charge in [-0.1, -0.05) is 30.3 Å². The van der Waals surface area contributed by atoms with E-state index in [0.29, 0.717) is 77.3 Å². The van der Waals surface area contributed by atoms with Crippen LogP contribution in [0.15, 0.2) is 103 Å². The molecular formula is C37H32FN7O4. The van der Waals surface area contributed by atoms with Crippen molar-refractivity contribution in [3.63, 3.8) is 0 Å². The monoisotopic (exact) mass is 657 g/mol. The van der Waals surface area contributed by atoms with Gasteiger partial charge in [0.05, 0.1) is 31.2 Å². The number of aromatic nitrogens is 4. The molecule has 2 amide bonds. The zero-order chi connectivity index (χ0) is 33.9. The molecule has 12 heteroatoms. The second kappa shape index (κ2) is 13.4. The molecule has 7 rings (SSSR count). The molecule has 4 heterocycles. The first-order valence-corrected chi connectivity index (χ1v) is 15.7. The van der Waals surface area contributed by atoms with Crippen LogP contribution in [0.4, 0.5) is 15.9 Å². The highest BCUT2D eigenvalue weighted by Gasteiger charge is 2.28. The topological polar surface area (TPSA) is 114 Å². The summed E-state index contributed by atoms with van der Waals surface area (Å²) >= 11 is 0. The average Bonchev–Trinajstić information content (AvgIpc) is 3.59. The second-order valence-electron chi connectivity index (χ2n) is 11.4. The van der Waals surface area contributed by atoms with Gasteiger partial charge in [-0.2, -0.15) is 5.10 Å². The van der Waals surface area contributed by atoms with E-state index < -0.39 is 0 Å². The molecule has 1 N–H and O–H groups in total. The molecule has 6 aromatic rings. The van der Waals surface area contributed by atoms with Crippen LogP contribution in [0.5, 0.6) is 11.5 Å². The molecule has 1 aliphatic heterocycles. The van der Waals surface area contributed by atoms with E-state index in [1.807, 2.05) is 42.5 Å². The maximum Gasteiger partial charge on any atom is 0.272 e. The largest absolute Gasteiger partial charge is 0.493 e. The van der Waals surface area contributed by atoms with Crippen LogP contribution < -0.4 is 14.8 Å². The zero-order valence-electron chi connectivity index (χ0n) is 26.8. The zero-order valence-corrected chi connectivity index (χ0v) is 26.8. The van der Waals surface area contributed by atoms with Crippen LogP contribution in [-0.2, 0) is 0 Å². The molecule has 246 valence electrons. The molecule has 0 saturated carbocycles. The highest BCUT2D eigenvalue weighted by atomic mass is 19.1. The van der Waals surface area contributed by atoms with Crippen molar-refractivity contribution in [3.05, 3.63) is 120 Å². The van der Waals surface area contributed by atoms with Crippen molar-refractivity contribution < 1.29 is 23.5 Å². The van der Waals surface area contributed by atoms with Gasteiger partial charge in [-0.15, -0.1) is 0 Å². The first-order chi connectivity index (χ1) is 23.9. The van der Waals surface area contributed by atoms with Gasteiger partial charge in [-0.3, -0.25) is 9.59 Å². The summed E-state index contributed by atoms with van der Waals surface area (Å²) in [6.45, 7) is 1.29. The van der Waals surface area contributed by atoms with Gasteiger partial charge < -0.3 is 24.6 Å². The fraction of sp³-hybridized carbons (Fsp3) is 0.162. The number of fused-ring (bicyclic) bond motifs is 1. The number of ether oxygens (including phenoxy) is 2. The van der Waals surface area contributed by atoms with Crippen LogP contribution in [0.2, 0.25) is 0 Å². The first-order valence-electron chi connectivity index (χ1n) is 15.7. The van der Waals surface area contributed by atoms with Crippen molar-refractivity contribution >= 4 is 29.0 Å². The van der Waals surface area contributed by atoms with Crippen molar-refractivity contribution in [1.29, 1.82) is 0 Å². The molecule has 3 aromatic carbocycles. The summed E-state index contributed by atoms with van der Waals surface area (Å²) in [7, 11) is 3.12. The Morgan fingerprint density at radius 3 is 2.18 bits per heavy atom. The van der Waals surface area contributed by atoms with Gasteiger partial charge in [0.1, 0.15) is 17.3 Å². The Balaban J connectivity index is 1.10. The third-order valence-corrected chi connectivity index (χ3v) is 8.39. The van der Waals surface area contributed by atoms with Crippen molar-refractivity contribution in [2.24, 2.45) is 0 Å². The predicted molar refractivity (Wildman–Crippen MR) is 183 cm³/mol. The SMILES string of the molecule is COc1ccc(Nc2ncccc2C(=O)N2CCN(C(=O)c3cc(-c4ccc(F)cc4)n4nc(-c5ccccc5)cc4n3)CC2)cc1OC. The summed E-state index contributed by atoms with van der Waals surface area (Å²) in [5, 5.41) is 7.99. The smallest absolute Gasteiger partial charge is 0.272 e. The summed E-state index contributed by atoms with van der Waals surface area (Å²) in [5.41, 5.74) is 4.71. The van der Waals surface area contributed by atoms with Gasteiger partial charge in [-0.25, -0.2) is 18.9 Å². The molecule has 3 aromatic heterocycles. The number of methoxy groups -OCH3 is 2. The summed E-state index contributed by atoms with van der Waals surface area (Å²) < 4.78 is 26.2. The Bertz CT molecular complexity index is 2150. The van der Waals surface area contributed by atoms with E-state index in [4.69, 9.17) is 19.6 Å². The first kappa shape index (κ1) is 31.3. The second-order valence-corrected chi connectivity index (χ2v) is 11.4. The van der Waals surface area contributed by atoms with E-state index in [-0.39, 0.29) is 23.3 Å². The normalized spacial score (nSPS) is 13.0. The van der Waals surface area contributed by atoms with Crippen LogP contribution in [0, 0.1) is 5.82 Å². The Morgan fingerprint density at radius 1 is 0.755 bits per heavy atom. The van der Waals surface area contributed by atoms with Crippen LogP contribution in [0.1, 0.15) is 20.8 Å². The van der Waals surface area contributed by atoms with E-state index in [2.05, 4.69) is 10.3 Å². The van der Waals surface area contributed by atoms with Gasteiger partial charge in [0.2, 0.25) is 0 Å². The molecule has 1 fully saturated rings. The van der Waals surface area contributed by atoms with Crippen molar-refractivity contribution in [2.45, 2.75) is 0 Å². The Kier molecular flexibility index (Phi) is 8.58. The fourth-order valence-corrected chi connectivity index (χ4v) is 5.83. The van der Waals surface area contributed by atoms with Gasteiger partial charge in [0.15, 0.2) is 17.1 Å². The number of anilines is 2. The summed E-state index contributed by atoms with van der Waals surface area (Å²) in [6, 6.07) is 28.0. The van der Waals surface area contributed by atoms with Crippen molar-refractivity contribution in [2.75, 3.05) is 45.7 Å². The minimum atomic E-state index is -0.363. The lowest BCUT2D eigenvalue weighted by atomic mass is 10.1. The molecule has 49 heavy (non-hydrogen) atoms. The average molecular weight is 658 g/mol. The van der Waals surface area contributed by atoms with Crippen LogP contribution in [-0.4, -0.2) is 81.6 Å². The number of nitrogens with one attached hydrogen (secondary N) is 1. The lowest BCUT2D eigenvalue weighted by Gasteiger charge is -2.35. The number of amides is 2. The summed E-state index contributed by atoms with van der Waals surface area (Å²) in [5.74, 6) is 0.701. The number of hydrogen-bond donors (Lipinski definition) is 1. The minimum Gasteiger partial charge on any atom is -0.493 e. The molecule has 1 saturated heterocycles. The quantitative estimate of drug-likeness (QED) is 0.214. The van der Waals surface area contributed by atoms with Crippen LogP contribution >= 0.6 is 0 Å². The number of piperazine rings is 1. The Hall–Kier alpha value is -6.30. The number of hydrogen-bond acceptors (Lipinski definition) is 8. The number of carbonyl (C=O) groups excluding carboxylic acids is 2. The number of carbonyl (C=O) groups is 2. The van der Waals surface area contributed by atoms with E-state index in [1.165, 1.54) is 12.1 Å². The molecule has 0 atom stereocenters. The molecule has 0 radical (unpaired) electrons. The number of rotatable bonds is 8. The third-order valence-electron chi connectivity index (χ3n) is 8.39. The van der Waals surface area contributed by atoms with E-state index >= 15 is 0 Å². The summed E-state index contributed by atoms with van der Waals surface area (Å²) in [4.78, 5) is 40.1. The Morgan fingerprint density at radius 2 is 1.47 bits per heavy atom. The van der Waals surface area contributed by atoms with E-state index in [9.17, 15) is 14.0 Å². The molecule has 0 unspecified atom stereocenters. The van der Waals surface area contributed by atoms with Gasteiger partial charge in [0, 0.05) is 61.3 Å². The lowest BCUT2D eigenvalue weighted by Crippen LogP contribution is -2.50. The Labute approximate surface area is 281 Å². The van der Waals surface area contributed by atoms with Crippen LogP contribution in [0.3, 0.4) is 0 Å². The maximum absolute atomic E-state index is 13.9. The minimum absolute atomic E-state index is 0.200. The number of halogens is 1. The molecule has 11 nitrogen and oxygen atoms in total. The molecule has 0 spiro atoms. The maximum atomic E-state index is 13.9. The number of pyridine rings is 1. The number of benzene rings is 3. The van der Waals surface area contributed by atoms with Gasteiger partial charge in [-0.05, 0) is 54.6 Å². The molecular weight excluding hydrogens is 625 g/mol. The van der Waals surface area contributed by atoms with Crippen molar-refractivity contribution in [1.82, 2.24) is 29.4 Å². The summed E-state index contributed by atoms with van der Waals surface area (Å²) in [6.07, 6.45) is 1.61. The van der Waals surface area contributed by atoms with Gasteiger partial charge >= 0.3 is 0 Å². The highest BCUT2D eigenvalue weighted by Crippen LogP contribution is 2.32. The van der Waals surface area contributed by atoms with E-state index in [0.717, 1.165) is 5.56 Å². The van der Waals surface area contributed by atoms with E-state index in [1.54, 1.807) is 77.2 Å². The molecule has 0 bridgehead atoms. The fourth-order valence-electron chi connectivity index (χ4n) is 5.83. The lowest BCUT2D eigenvalue weighted by molar-refractivity contribution is 0.0533. The van der Waals surface area contributed by atoms with Crippen molar-refractivity contribution in [3.8, 4) is 34.0 Å². The van der Waals surface area contributed by atoms with Gasteiger partial charge in [0.25, 0.3) is 11.8 Å². The predicted octanol–water partition coefficient (Wildman–Crippen LogP) is 5.96. The number of nitrogens with zero attached hydrogens (tertiary/aromatic N) is 6. The molecule has 1 aliphatic rings. The highest BCUT2D eigenvalue weighted by molar-refractivity contribution is 6.00. The standard InChI is InChI=1S/C37H32FN7O4/c1-48-32-15-14-27(21-33(32)49-2)40-35-28(9-6-16-39-35)36(46)43-17-19-44(20-18-43)37(47)30-22-31(25-10-12-26(38)13-11-25)45-34(41-30)23-29(42-45)24-7-4-3-5-8-24/h3-16,21-23H,17-20H2,1-2H3,(H,39,40). The third kappa shape index (κ3) is 6.35. The molecule has 0 aliphatic carbocycles. The van der Waals surface area contributed by atoms with Crippen LogP contribution in [0.25, 0.3) is 28.2 Å².